The molecule has 2 heteroatoms. The van der Waals surface area contributed by atoms with Crippen molar-refractivity contribution < 1.29 is 0 Å². The zero-order chi connectivity index (χ0) is 10.8. The summed E-state index contributed by atoms with van der Waals surface area (Å²) in [5.41, 5.74) is 0.460. The van der Waals surface area contributed by atoms with Gasteiger partial charge in [0.15, 0.2) is 0 Å². The Kier molecular flexibility index (Phi) is 3.96. The first-order valence-electron chi connectivity index (χ1n) is 5.87. The molecule has 0 aliphatic carbocycles. The maximum absolute atomic E-state index is 3.65. The second kappa shape index (κ2) is 4.63. The van der Waals surface area contributed by atoms with Gasteiger partial charge in [-0.3, -0.25) is 0 Å². The summed E-state index contributed by atoms with van der Waals surface area (Å²) in [5.74, 6) is 0. The van der Waals surface area contributed by atoms with E-state index in [0.29, 0.717) is 17.5 Å². The highest BCUT2D eigenvalue weighted by atomic mass is 15.2. The molecule has 0 aromatic heterocycles. The molecule has 1 N–H and O–H groups in total. The predicted octanol–water partition coefficient (Wildman–Crippen LogP) is 2.10. The smallest absolute Gasteiger partial charge is 0.0246 e. The summed E-state index contributed by atoms with van der Waals surface area (Å²) in [6.07, 6.45) is 2.69. The first-order chi connectivity index (χ1) is 6.43. The number of likely N-dealkylation sites (N-methyl/N-ethyl adjacent to an activating group) is 1. The van der Waals surface area contributed by atoms with Crippen LogP contribution < -0.4 is 5.32 Å². The summed E-state index contributed by atoms with van der Waals surface area (Å²) in [4.78, 5) is 2.44. The van der Waals surface area contributed by atoms with Crippen molar-refractivity contribution in [2.45, 2.75) is 52.6 Å². The molecule has 1 atom stereocenters. The van der Waals surface area contributed by atoms with Crippen LogP contribution in [-0.2, 0) is 0 Å². The van der Waals surface area contributed by atoms with Crippen LogP contribution in [0, 0.1) is 5.41 Å². The molecule has 0 radical (unpaired) electrons. The summed E-state index contributed by atoms with van der Waals surface area (Å²) in [5, 5.41) is 3.65. The molecule has 1 saturated heterocycles. The van der Waals surface area contributed by atoms with Crippen molar-refractivity contribution in [2.24, 2.45) is 5.41 Å². The predicted molar refractivity (Wildman–Crippen MR) is 62.6 cm³/mol. The molecule has 0 amide bonds. The zero-order valence-corrected chi connectivity index (χ0v) is 10.4. The van der Waals surface area contributed by atoms with Gasteiger partial charge in [-0.2, -0.15) is 0 Å². The topological polar surface area (TPSA) is 15.3 Å². The third-order valence-electron chi connectivity index (χ3n) is 3.68. The molecule has 1 fully saturated rings. The van der Waals surface area contributed by atoms with Crippen LogP contribution in [0.3, 0.4) is 0 Å². The van der Waals surface area contributed by atoms with Gasteiger partial charge in [0.05, 0.1) is 0 Å². The highest BCUT2D eigenvalue weighted by molar-refractivity contribution is 4.90. The highest BCUT2D eigenvalue weighted by Gasteiger charge is 2.32. The van der Waals surface area contributed by atoms with E-state index in [0.717, 1.165) is 0 Å². The second-order valence-electron chi connectivity index (χ2n) is 5.63. The second-order valence-corrected chi connectivity index (χ2v) is 5.63. The normalized spacial score (nSPS) is 27.2. The molecular formula is C12H26N2. The average molecular weight is 198 g/mol. The average Bonchev–Trinajstić information content (AvgIpc) is 2.08. The van der Waals surface area contributed by atoms with Gasteiger partial charge in [-0.1, -0.05) is 13.8 Å². The molecular weight excluding hydrogens is 172 g/mol. The molecule has 0 spiro atoms. The number of nitrogens with one attached hydrogen (secondary N) is 1. The third kappa shape index (κ3) is 2.96. The Balaban J connectivity index is 2.49. The van der Waals surface area contributed by atoms with E-state index in [-0.39, 0.29) is 0 Å². The van der Waals surface area contributed by atoms with E-state index in [9.17, 15) is 0 Å². The van der Waals surface area contributed by atoms with Crippen LogP contribution in [0.15, 0.2) is 0 Å². The first kappa shape index (κ1) is 12.0. The molecule has 1 heterocycles. The Morgan fingerprint density at radius 1 is 1.43 bits per heavy atom. The fourth-order valence-corrected chi connectivity index (χ4v) is 2.08. The van der Waals surface area contributed by atoms with Crippen LogP contribution in [0.5, 0.6) is 0 Å². The van der Waals surface area contributed by atoms with E-state index in [4.69, 9.17) is 0 Å². The maximum Gasteiger partial charge on any atom is 0.0246 e. The Labute approximate surface area is 89.1 Å². The van der Waals surface area contributed by atoms with Crippen LogP contribution in [-0.4, -0.2) is 37.1 Å². The number of nitrogens with zero attached hydrogens (tertiary/aromatic N) is 1. The van der Waals surface area contributed by atoms with Crippen LogP contribution >= 0.6 is 0 Å². The fraction of sp³-hybridized carbons (Fsp3) is 1.00. The van der Waals surface area contributed by atoms with Gasteiger partial charge in [0.2, 0.25) is 0 Å². The highest BCUT2D eigenvalue weighted by Crippen LogP contribution is 2.30. The van der Waals surface area contributed by atoms with Gasteiger partial charge in [-0.25, -0.2) is 0 Å². The van der Waals surface area contributed by atoms with Crippen molar-refractivity contribution in [3.8, 4) is 0 Å². The lowest BCUT2D eigenvalue weighted by Gasteiger charge is -2.42. The Morgan fingerprint density at radius 2 is 2.07 bits per heavy atom. The van der Waals surface area contributed by atoms with Gasteiger partial charge in [0.25, 0.3) is 0 Å². The van der Waals surface area contributed by atoms with Crippen LogP contribution in [0.1, 0.15) is 40.5 Å². The lowest BCUT2D eigenvalue weighted by Crippen LogP contribution is -2.53. The Bertz CT molecular complexity index is 175. The maximum atomic E-state index is 3.65. The molecule has 2 nitrogen and oxygen atoms in total. The van der Waals surface area contributed by atoms with E-state index in [1.807, 2.05) is 0 Å². The van der Waals surface area contributed by atoms with E-state index < -0.39 is 0 Å². The molecule has 1 unspecified atom stereocenters. The molecule has 0 aromatic carbocycles. The minimum absolute atomic E-state index is 0.460. The zero-order valence-electron chi connectivity index (χ0n) is 10.4. The van der Waals surface area contributed by atoms with E-state index in [1.54, 1.807) is 0 Å². The van der Waals surface area contributed by atoms with E-state index >= 15 is 0 Å². The lowest BCUT2D eigenvalue weighted by atomic mass is 9.77. The van der Waals surface area contributed by atoms with Crippen molar-refractivity contribution in [2.75, 3.05) is 20.1 Å². The Morgan fingerprint density at radius 3 is 2.57 bits per heavy atom. The minimum Gasteiger partial charge on any atom is -0.312 e. The van der Waals surface area contributed by atoms with Gasteiger partial charge in [0.1, 0.15) is 0 Å². The number of hydrogen-bond donors (Lipinski definition) is 1. The molecule has 0 aromatic rings. The van der Waals surface area contributed by atoms with Crippen molar-refractivity contribution in [1.29, 1.82) is 0 Å². The number of piperidine rings is 1. The van der Waals surface area contributed by atoms with Crippen molar-refractivity contribution in [1.82, 2.24) is 10.2 Å². The van der Waals surface area contributed by atoms with Gasteiger partial charge in [-0.15, -0.1) is 0 Å². The number of rotatable bonds is 3. The molecule has 14 heavy (non-hydrogen) atoms. The van der Waals surface area contributed by atoms with Gasteiger partial charge in [0, 0.05) is 18.6 Å². The molecule has 84 valence electrons. The standard InChI is InChI=1S/C12H26N2/c1-10(2)14(5)9-11-12(3,4)7-6-8-13-11/h10-11,13H,6-9H2,1-5H3. The van der Waals surface area contributed by atoms with Crippen molar-refractivity contribution >= 4 is 0 Å². The van der Waals surface area contributed by atoms with E-state index in [2.05, 4.69) is 45.0 Å². The van der Waals surface area contributed by atoms with Crippen LogP contribution in [0.2, 0.25) is 0 Å². The fourth-order valence-electron chi connectivity index (χ4n) is 2.08. The minimum atomic E-state index is 0.460. The lowest BCUT2D eigenvalue weighted by molar-refractivity contribution is 0.126. The summed E-state index contributed by atoms with van der Waals surface area (Å²) in [6.45, 7) is 11.7. The van der Waals surface area contributed by atoms with Crippen LogP contribution in [0.4, 0.5) is 0 Å². The Hall–Kier alpha value is -0.0800. The summed E-state index contributed by atoms with van der Waals surface area (Å²) in [7, 11) is 2.22. The first-order valence-corrected chi connectivity index (χ1v) is 5.87. The van der Waals surface area contributed by atoms with E-state index in [1.165, 1.54) is 25.9 Å². The molecule has 1 rings (SSSR count). The largest absolute Gasteiger partial charge is 0.312 e. The summed E-state index contributed by atoms with van der Waals surface area (Å²) in [6, 6.07) is 1.30. The third-order valence-corrected chi connectivity index (χ3v) is 3.68. The van der Waals surface area contributed by atoms with Gasteiger partial charge in [-0.05, 0) is 45.7 Å². The molecule has 0 saturated carbocycles. The quantitative estimate of drug-likeness (QED) is 0.747. The van der Waals surface area contributed by atoms with Crippen molar-refractivity contribution in [3.63, 3.8) is 0 Å². The van der Waals surface area contributed by atoms with Gasteiger partial charge < -0.3 is 10.2 Å². The summed E-state index contributed by atoms with van der Waals surface area (Å²) >= 11 is 0. The summed E-state index contributed by atoms with van der Waals surface area (Å²) < 4.78 is 0. The van der Waals surface area contributed by atoms with Gasteiger partial charge >= 0.3 is 0 Å². The molecule has 1 aliphatic rings. The van der Waals surface area contributed by atoms with Crippen molar-refractivity contribution in [3.05, 3.63) is 0 Å². The molecule has 0 bridgehead atoms. The van der Waals surface area contributed by atoms with Crippen LogP contribution in [0.25, 0.3) is 0 Å². The molecule has 1 aliphatic heterocycles. The SMILES string of the molecule is CC(C)N(C)CC1NCCCC1(C)C. The monoisotopic (exact) mass is 198 g/mol. The number of hydrogen-bond acceptors (Lipinski definition) is 2.